The van der Waals surface area contributed by atoms with Gasteiger partial charge in [-0.1, -0.05) is 36.4 Å². The normalized spacial score (nSPS) is 11.6. The van der Waals surface area contributed by atoms with Crippen LogP contribution in [0.2, 0.25) is 0 Å². The highest BCUT2D eigenvalue weighted by molar-refractivity contribution is 7.91. The van der Waals surface area contributed by atoms with Gasteiger partial charge < -0.3 is 9.88 Å². The second-order valence-corrected chi connectivity index (χ2v) is 8.69. The molecule has 0 aliphatic rings. The van der Waals surface area contributed by atoms with Gasteiger partial charge in [-0.2, -0.15) is 0 Å². The molecule has 0 fully saturated rings. The van der Waals surface area contributed by atoms with Gasteiger partial charge in [-0.25, -0.2) is 8.42 Å². The Hall–Kier alpha value is -2.60. The molecule has 0 aliphatic heterocycles. The molecule has 0 aliphatic carbocycles. The van der Waals surface area contributed by atoms with Crippen LogP contribution in [-0.4, -0.2) is 31.2 Å². The molecule has 0 spiro atoms. The van der Waals surface area contributed by atoms with Gasteiger partial charge in [0.2, 0.25) is 5.91 Å². The Kier molecular flexibility index (Phi) is 5.96. The van der Waals surface area contributed by atoms with E-state index < -0.39 is 9.84 Å². The molecule has 1 heterocycles. The summed E-state index contributed by atoms with van der Waals surface area (Å²) in [5.74, 6) is -0.409. The first-order valence-electron chi connectivity index (χ1n) is 9.07. The lowest BCUT2D eigenvalue weighted by Gasteiger charge is -2.09. The Balaban J connectivity index is 1.45. The minimum absolute atomic E-state index is 0.0251. The lowest BCUT2D eigenvalue weighted by atomic mass is 10.2. The van der Waals surface area contributed by atoms with E-state index in [-0.39, 0.29) is 23.0 Å². The van der Waals surface area contributed by atoms with Crippen LogP contribution < -0.4 is 5.32 Å². The Morgan fingerprint density at radius 2 is 1.74 bits per heavy atom. The fourth-order valence-corrected chi connectivity index (χ4v) is 4.43. The zero-order chi connectivity index (χ0) is 19.3. The van der Waals surface area contributed by atoms with Crippen LogP contribution in [0.4, 0.5) is 0 Å². The molecular formula is C21H24N2O3S. The van der Waals surface area contributed by atoms with Gasteiger partial charge in [0.05, 0.1) is 10.6 Å². The maximum absolute atomic E-state index is 12.2. The van der Waals surface area contributed by atoms with E-state index >= 15 is 0 Å². The monoisotopic (exact) mass is 384 g/mol. The number of hydrogen-bond donors (Lipinski definition) is 1. The summed E-state index contributed by atoms with van der Waals surface area (Å²) >= 11 is 0. The first-order chi connectivity index (χ1) is 13.0. The van der Waals surface area contributed by atoms with Crippen LogP contribution in [0.5, 0.6) is 0 Å². The van der Waals surface area contributed by atoms with Crippen LogP contribution in [0.15, 0.2) is 65.6 Å². The fraction of sp³-hybridized carbons (Fsp3) is 0.286. The van der Waals surface area contributed by atoms with Gasteiger partial charge in [-0.05, 0) is 43.0 Å². The van der Waals surface area contributed by atoms with Gasteiger partial charge in [-0.3, -0.25) is 4.79 Å². The summed E-state index contributed by atoms with van der Waals surface area (Å²) < 4.78 is 26.6. The summed E-state index contributed by atoms with van der Waals surface area (Å²) in [6.07, 6.45) is 0.763. The zero-order valence-corrected chi connectivity index (χ0v) is 16.2. The molecule has 0 bridgehead atoms. The molecule has 3 aromatic rings. The quantitative estimate of drug-likeness (QED) is 0.606. The number of carbonyl (C=O) groups is 1. The number of aryl methyl sites for hydroxylation is 2. The highest BCUT2D eigenvalue weighted by Crippen LogP contribution is 2.19. The number of carbonyl (C=O) groups excluding carboxylic acids is 1. The molecule has 5 nitrogen and oxygen atoms in total. The van der Waals surface area contributed by atoms with Gasteiger partial charge in [0.15, 0.2) is 9.84 Å². The molecule has 1 amide bonds. The summed E-state index contributed by atoms with van der Waals surface area (Å²) in [7, 11) is -3.42. The number of fused-ring (bicyclic) bond motifs is 1. The van der Waals surface area contributed by atoms with Gasteiger partial charge >= 0.3 is 0 Å². The summed E-state index contributed by atoms with van der Waals surface area (Å²) in [6, 6.07) is 18.6. The molecule has 6 heteroatoms. The highest BCUT2D eigenvalue weighted by Gasteiger charge is 2.15. The number of amides is 1. The van der Waals surface area contributed by atoms with E-state index in [9.17, 15) is 13.2 Å². The highest BCUT2D eigenvalue weighted by atomic mass is 32.2. The first kappa shape index (κ1) is 19.2. The lowest BCUT2D eigenvalue weighted by molar-refractivity contribution is -0.120. The number of para-hydroxylation sites is 1. The van der Waals surface area contributed by atoms with E-state index in [2.05, 4.69) is 35.0 Å². The number of aromatic nitrogens is 1. The van der Waals surface area contributed by atoms with Crippen molar-refractivity contribution in [3.8, 4) is 0 Å². The number of nitrogens with zero attached hydrogens (tertiary/aromatic N) is 1. The smallest absolute Gasteiger partial charge is 0.221 e. The van der Waals surface area contributed by atoms with E-state index in [0.717, 1.165) is 13.0 Å². The molecule has 0 saturated heterocycles. The number of rotatable bonds is 8. The Bertz CT molecular complexity index is 1020. The third kappa shape index (κ3) is 4.77. The predicted molar refractivity (Wildman–Crippen MR) is 107 cm³/mol. The number of hydrogen-bond acceptors (Lipinski definition) is 3. The third-order valence-corrected chi connectivity index (χ3v) is 6.33. The molecule has 0 saturated carbocycles. The molecule has 142 valence electrons. The van der Waals surface area contributed by atoms with Crippen LogP contribution in [-0.2, 0) is 21.2 Å². The average Bonchev–Trinajstić information content (AvgIpc) is 2.99. The van der Waals surface area contributed by atoms with Crippen molar-refractivity contribution in [1.82, 2.24) is 9.88 Å². The van der Waals surface area contributed by atoms with Gasteiger partial charge in [0.25, 0.3) is 0 Å². The molecule has 1 N–H and O–H groups in total. The second kappa shape index (κ2) is 8.39. The maximum Gasteiger partial charge on any atom is 0.221 e. The van der Waals surface area contributed by atoms with Crippen LogP contribution in [0.25, 0.3) is 10.9 Å². The average molecular weight is 385 g/mol. The molecule has 1 aromatic heterocycles. The van der Waals surface area contributed by atoms with Crippen LogP contribution in [0.3, 0.4) is 0 Å². The standard InChI is InChI=1S/C21H24N2O3S/c1-17-16-18-8-5-6-11-20(18)23(17)14-7-13-22-21(24)12-15-27(25,26)19-9-3-2-4-10-19/h2-6,8-11,16H,7,12-15H2,1H3,(H,22,24). The van der Waals surface area contributed by atoms with Gasteiger partial charge in [-0.15, -0.1) is 0 Å². The summed E-state index contributed by atoms with van der Waals surface area (Å²) in [4.78, 5) is 12.2. The maximum atomic E-state index is 12.2. The van der Waals surface area contributed by atoms with E-state index in [1.165, 1.54) is 16.6 Å². The van der Waals surface area contributed by atoms with E-state index in [4.69, 9.17) is 0 Å². The van der Waals surface area contributed by atoms with Crippen molar-refractivity contribution in [3.05, 3.63) is 66.4 Å². The van der Waals surface area contributed by atoms with Gasteiger partial charge in [0.1, 0.15) is 0 Å². The van der Waals surface area contributed by atoms with Crippen molar-refractivity contribution in [2.75, 3.05) is 12.3 Å². The van der Waals surface area contributed by atoms with Crippen molar-refractivity contribution in [3.63, 3.8) is 0 Å². The number of sulfone groups is 1. The fourth-order valence-electron chi connectivity index (χ4n) is 3.17. The molecule has 0 atom stereocenters. The van der Waals surface area contributed by atoms with Crippen LogP contribution in [0.1, 0.15) is 18.5 Å². The van der Waals surface area contributed by atoms with Crippen LogP contribution >= 0.6 is 0 Å². The Morgan fingerprint density at radius 3 is 2.52 bits per heavy atom. The minimum atomic E-state index is -3.42. The topological polar surface area (TPSA) is 68.2 Å². The largest absolute Gasteiger partial charge is 0.356 e. The predicted octanol–water partition coefficient (Wildman–Crippen LogP) is 3.32. The number of nitrogens with one attached hydrogen (secondary N) is 1. The van der Waals surface area contributed by atoms with Crippen LogP contribution in [0, 0.1) is 6.92 Å². The summed E-state index contributed by atoms with van der Waals surface area (Å²) in [5, 5.41) is 4.03. The van der Waals surface area contributed by atoms with Crippen molar-refractivity contribution in [1.29, 1.82) is 0 Å². The van der Waals surface area contributed by atoms with E-state index in [1.54, 1.807) is 30.3 Å². The second-order valence-electron chi connectivity index (χ2n) is 6.58. The van der Waals surface area contributed by atoms with Crippen molar-refractivity contribution in [2.45, 2.75) is 31.2 Å². The van der Waals surface area contributed by atoms with Gasteiger partial charge in [0, 0.05) is 30.7 Å². The molecular weight excluding hydrogens is 360 g/mol. The Labute approximate surface area is 159 Å². The minimum Gasteiger partial charge on any atom is -0.356 e. The molecule has 0 radical (unpaired) electrons. The molecule has 3 rings (SSSR count). The molecule has 0 unspecified atom stereocenters. The summed E-state index contributed by atoms with van der Waals surface area (Å²) in [5.41, 5.74) is 2.38. The van der Waals surface area contributed by atoms with E-state index in [0.29, 0.717) is 6.54 Å². The summed E-state index contributed by atoms with van der Waals surface area (Å²) in [6.45, 7) is 3.41. The zero-order valence-electron chi connectivity index (χ0n) is 15.4. The van der Waals surface area contributed by atoms with Crippen molar-refractivity contribution < 1.29 is 13.2 Å². The van der Waals surface area contributed by atoms with E-state index in [1.807, 2.05) is 12.1 Å². The molecule has 2 aromatic carbocycles. The molecule has 27 heavy (non-hydrogen) atoms. The first-order valence-corrected chi connectivity index (χ1v) is 10.7. The van der Waals surface area contributed by atoms with Crippen molar-refractivity contribution >= 4 is 26.6 Å². The lowest BCUT2D eigenvalue weighted by Crippen LogP contribution is -2.27. The Morgan fingerprint density at radius 1 is 1.04 bits per heavy atom. The SMILES string of the molecule is Cc1cc2ccccc2n1CCCNC(=O)CCS(=O)(=O)c1ccccc1. The van der Waals surface area contributed by atoms with Crippen molar-refractivity contribution in [2.24, 2.45) is 0 Å². The number of benzene rings is 2. The third-order valence-electron chi connectivity index (χ3n) is 4.60.